The van der Waals surface area contributed by atoms with Gasteiger partial charge in [-0.2, -0.15) is 5.26 Å². The van der Waals surface area contributed by atoms with E-state index in [4.69, 9.17) is 4.74 Å². The summed E-state index contributed by atoms with van der Waals surface area (Å²) in [6.07, 6.45) is 1.56. The van der Waals surface area contributed by atoms with Crippen LogP contribution in [-0.2, 0) is 13.0 Å². The van der Waals surface area contributed by atoms with Gasteiger partial charge in [-0.1, -0.05) is 60.7 Å². The minimum atomic E-state index is 0.417. The number of hydrogen-bond donors (Lipinski definition) is 0. The van der Waals surface area contributed by atoms with E-state index in [1.807, 2.05) is 12.1 Å². The van der Waals surface area contributed by atoms with Crippen molar-refractivity contribution in [3.8, 4) is 22.9 Å². The summed E-state index contributed by atoms with van der Waals surface area (Å²) in [7, 11) is 1.69. The minimum absolute atomic E-state index is 0.417. The molecule has 0 aliphatic carbocycles. The Hall–Kier alpha value is -3.09. The molecule has 0 aromatic heterocycles. The molecule has 1 atom stereocenters. The molecule has 0 bridgehead atoms. The molecule has 0 unspecified atom stereocenters. The average molecular weight is 383 g/mol. The molecule has 146 valence electrons. The van der Waals surface area contributed by atoms with Crippen molar-refractivity contribution in [2.24, 2.45) is 0 Å². The smallest absolute Gasteiger partial charge is 0.119 e. The number of nitrogens with zero attached hydrogens (tertiary/aromatic N) is 2. The lowest BCUT2D eigenvalue weighted by Gasteiger charge is -2.20. The van der Waals surface area contributed by atoms with Crippen molar-refractivity contribution < 1.29 is 4.74 Å². The number of ether oxygens (including phenoxy) is 1. The highest BCUT2D eigenvalue weighted by atomic mass is 16.5. The molecule has 1 aliphatic heterocycles. The van der Waals surface area contributed by atoms with Gasteiger partial charge in [-0.05, 0) is 58.8 Å². The van der Waals surface area contributed by atoms with Crippen LogP contribution in [0.15, 0.2) is 72.8 Å². The maximum absolute atomic E-state index is 9.37. The predicted molar refractivity (Wildman–Crippen MR) is 117 cm³/mol. The van der Waals surface area contributed by atoms with Gasteiger partial charge in [-0.15, -0.1) is 0 Å². The van der Waals surface area contributed by atoms with Crippen molar-refractivity contribution >= 4 is 0 Å². The van der Waals surface area contributed by atoms with Crippen LogP contribution >= 0.6 is 0 Å². The number of rotatable bonds is 6. The first-order chi connectivity index (χ1) is 14.3. The molecule has 0 N–H and O–H groups in total. The summed E-state index contributed by atoms with van der Waals surface area (Å²) >= 11 is 0. The molecule has 1 fully saturated rings. The second kappa shape index (κ2) is 8.94. The van der Waals surface area contributed by atoms with E-state index in [2.05, 4.69) is 71.6 Å². The van der Waals surface area contributed by atoms with E-state index in [-0.39, 0.29) is 0 Å². The highest BCUT2D eigenvalue weighted by Crippen LogP contribution is 2.38. The minimum Gasteiger partial charge on any atom is -0.497 e. The molecule has 1 heterocycles. The molecule has 0 spiro atoms. The van der Waals surface area contributed by atoms with Crippen molar-refractivity contribution in [1.82, 2.24) is 4.90 Å². The topological polar surface area (TPSA) is 36.3 Å². The van der Waals surface area contributed by atoms with Crippen LogP contribution in [0.4, 0.5) is 0 Å². The van der Waals surface area contributed by atoms with Crippen molar-refractivity contribution in [2.75, 3.05) is 20.2 Å². The molecule has 0 saturated carbocycles. The Morgan fingerprint density at radius 3 is 2.66 bits per heavy atom. The molecular formula is C26H26N2O. The summed E-state index contributed by atoms with van der Waals surface area (Å²) < 4.78 is 5.45. The molecule has 1 aliphatic rings. The van der Waals surface area contributed by atoms with Gasteiger partial charge in [0, 0.05) is 13.1 Å². The number of benzene rings is 3. The standard InChI is InChI=1S/C26H26N2O/c1-29-24-11-5-10-22(17-24)26-21(13-15-27)9-6-12-25(26)23-14-16-28(19-23)18-20-7-3-2-4-8-20/h2-12,17,23H,13-14,16,18-19H2,1H3/t23-/m1/s1. The molecular weight excluding hydrogens is 356 g/mol. The summed E-state index contributed by atoms with van der Waals surface area (Å²) in [5.74, 6) is 1.32. The lowest BCUT2D eigenvalue weighted by molar-refractivity contribution is 0.327. The van der Waals surface area contributed by atoms with E-state index in [1.165, 1.54) is 16.7 Å². The van der Waals surface area contributed by atoms with E-state index in [0.29, 0.717) is 12.3 Å². The van der Waals surface area contributed by atoms with Crippen LogP contribution in [0.25, 0.3) is 11.1 Å². The van der Waals surface area contributed by atoms with Gasteiger partial charge in [0.25, 0.3) is 0 Å². The van der Waals surface area contributed by atoms with Gasteiger partial charge in [0.05, 0.1) is 19.6 Å². The fourth-order valence-corrected chi connectivity index (χ4v) is 4.40. The number of methoxy groups -OCH3 is 1. The summed E-state index contributed by atoms with van der Waals surface area (Å²) in [5.41, 5.74) is 6.15. The third-order valence-corrected chi connectivity index (χ3v) is 5.77. The molecule has 1 saturated heterocycles. The summed E-state index contributed by atoms with van der Waals surface area (Å²) in [6.45, 7) is 3.13. The van der Waals surface area contributed by atoms with E-state index < -0.39 is 0 Å². The fraction of sp³-hybridized carbons (Fsp3) is 0.269. The first-order valence-electron chi connectivity index (χ1n) is 10.2. The Labute approximate surface area is 173 Å². The summed E-state index contributed by atoms with van der Waals surface area (Å²) in [6, 6.07) is 27.6. The zero-order chi connectivity index (χ0) is 20.1. The quantitative estimate of drug-likeness (QED) is 0.571. The molecule has 3 aromatic carbocycles. The largest absolute Gasteiger partial charge is 0.497 e. The van der Waals surface area contributed by atoms with Gasteiger partial charge in [0.15, 0.2) is 0 Å². The lowest BCUT2D eigenvalue weighted by Crippen LogP contribution is -2.19. The Morgan fingerprint density at radius 1 is 1.03 bits per heavy atom. The first-order valence-corrected chi connectivity index (χ1v) is 10.2. The Bertz CT molecular complexity index is 1010. The van der Waals surface area contributed by atoms with Crippen LogP contribution in [0, 0.1) is 11.3 Å². The van der Waals surface area contributed by atoms with Crippen molar-refractivity contribution in [1.29, 1.82) is 5.26 Å². The monoisotopic (exact) mass is 382 g/mol. The number of likely N-dealkylation sites (tertiary alicyclic amines) is 1. The maximum atomic E-state index is 9.37. The van der Waals surface area contributed by atoms with Gasteiger partial charge >= 0.3 is 0 Å². The molecule has 3 heteroatoms. The summed E-state index contributed by atoms with van der Waals surface area (Å²) in [5, 5.41) is 9.37. The van der Waals surface area contributed by atoms with Gasteiger partial charge in [0.1, 0.15) is 5.75 Å². The average Bonchev–Trinajstić information content (AvgIpc) is 3.23. The van der Waals surface area contributed by atoms with Crippen molar-refractivity contribution in [3.63, 3.8) is 0 Å². The van der Waals surface area contributed by atoms with Gasteiger partial charge in [-0.25, -0.2) is 0 Å². The van der Waals surface area contributed by atoms with Crippen LogP contribution < -0.4 is 4.74 Å². The van der Waals surface area contributed by atoms with Crippen molar-refractivity contribution in [3.05, 3.63) is 89.5 Å². The van der Waals surface area contributed by atoms with Crippen LogP contribution in [0.2, 0.25) is 0 Å². The van der Waals surface area contributed by atoms with Gasteiger partial charge in [-0.3, -0.25) is 4.90 Å². The number of nitriles is 1. The first kappa shape index (κ1) is 19.2. The second-order valence-corrected chi connectivity index (χ2v) is 7.65. The Balaban J connectivity index is 1.65. The Morgan fingerprint density at radius 2 is 1.86 bits per heavy atom. The van der Waals surface area contributed by atoms with E-state index in [0.717, 1.165) is 42.9 Å². The van der Waals surface area contributed by atoms with Crippen molar-refractivity contribution in [2.45, 2.75) is 25.3 Å². The lowest BCUT2D eigenvalue weighted by atomic mass is 9.86. The fourth-order valence-electron chi connectivity index (χ4n) is 4.40. The second-order valence-electron chi connectivity index (χ2n) is 7.65. The maximum Gasteiger partial charge on any atom is 0.119 e. The van der Waals surface area contributed by atoms with Crippen LogP contribution in [0.1, 0.15) is 29.0 Å². The van der Waals surface area contributed by atoms with E-state index >= 15 is 0 Å². The highest BCUT2D eigenvalue weighted by molar-refractivity contribution is 5.73. The molecule has 4 rings (SSSR count). The molecule has 0 radical (unpaired) electrons. The SMILES string of the molecule is COc1cccc(-c2c(CC#N)cccc2[C@@H]2CCN(Cc3ccccc3)C2)c1. The predicted octanol–water partition coefficient (Wildman–Crippen LogP) is 5.42. The normalized spacial score (nSPS) is 16.5. The van der Waals surface area contributed by atoms with Crippen LogP contribution in [0.3, 0.4) is 0 Å². The van der Waals surface area contributed by atoms with E-state index in [9.17, 15) is 5.26 Å². The van der Waals surface area contributed by atoms with Gasteiger partial charge < -0.3 is 4.74 Å². The van der Waals surface area contributed by atoms with Crippen LogP contribution in [-0.4, -0.2) is 25.1 Å². The Kier molecular flexibility index (Phi) is 5.93. The molecule has 29 heavy (non-hydrogen) atoms. The van der Waals surface area contributed by atoms with E-state index in [1.54, 1.807) is 7.11 Å². The van der Waals surface area contributed by atoms with Crippen LogP contribution in [0.5, 0.6) is 5.75 Å². The zero-order valence-corrected chi connectivity index (χ0v) is 16.8. The molecule has 3 aromatic rings. The molecule has 3 nitrogen and oxygen atoms in total. The highest BCUT2D eigenvalue weighted by Gasteiger charge is 2.27. The third-order valence-electron chi connectivity index (χ3n) is 5.77. The molecule has 0 amide bonds. The summed E-state index contributed by atoms with van der Waals surface area (Å²) in [4.78, 5) is 2.53. The third kappa shape index (κ3) is 4.34. The number of hydrogen-bond acceptors (Lipinski definition) is 3. The van der Waals surface area contributed by atoms with Gasteiger partial charge in [0.2, 0.25) is 0 Å². The zero-order valence-electron chi connectivity index (χ0n) is 16.8.